The Balaban J connectivity index is 1.81. The van der Waals surface area contributed by atoms with Crippen LogP contribution in [-0.4, -0.2) is 60.4 Å². The van der Waals surface area contributed by atoms with E-state index in [0.717, 1.165) is 48.4 Å². The van der Waals surface area contributed by atoms with Gasteiger partial charge < -0.3 is 19.9 Å². The fraction of sp³-hybridized carbons (Fsp3) is 0.615. The molecule has 8 heteroatoms. The Labute approximate surface area is 209 Å². The number of carbonyl (C=O) groups is 1. The minimum Gasteiger partial charge on any atom is -0.480 e. The maximum absolute atomic E-state index is 13.3. The number of benzene rings is 1. The Kier molecular flexibility index (Phi) is 8.88. The third-order valence-electron chi connectivity index (χ3n) is 7.29. The van der Waals surface area contributed by atoms with E-state index in [9.17, 15) is 4.79 Å². The molecule has 0 bridgehead atoms. The lowest BCUT2D eigenvalue weighted by Crippen LogP contribution is -2.42. The molecule has 7 nitrogen and oxygen atoms in total. The van der Waals surface area contributed by atoms with Crippen molar-refractivity contribution in [1.82, 2.24) is 20.0 Å². The Morgan fingerprint density at radius 3 is 2.38 bits per heavy atom. The number of nitrogens with one attached hydrogen (secondary N) is 1. The van der Waals surface area contributed by atoms with Gasteiger partial charge >= 0.3 is 0 Å². The molecule has 3 rings (SSSR count). The first-order valence-electron chi connectivity index (χ1n) is 12.3. The Bertz CT molecular complexity index is 996. The zero-order valence-electron chi connectivity index (χ0n) is 21.7. The molecular formula is C26H40ClN5O2. The molecule has 1 aliphatic carbocycles. The number of ether oxygens (including phenoxy) is 1. The van der Waals surface area contributed by atoms with Crippen molar-refractivity contribution >= 4 is 23.2 Å². The van der Waals surface area contributed by atoms with Crippen LogP contribution in [0.3, 0.4) is 0 Å². The second-order valence-electron chi connectivity index (χ2n) is 9.38. The van der Waals surface area contributed by atoms with E-state index in [2.05, 4.69) is 41.2 Å². The molecule has 0 atom stereocenters. The number of aromatic nitrogens is 2. The number of aryl methyl sites for hydroxylation is 1. The number of hydrogen-bond acceptors (Lipinski definition) is 5. The van der Waals surface area contributed by atoms with Gasteiger partial charge in [-0.2, -0.15) is 0 Å². The Hall–Kier alpha value is -2.25. The highest BCUT2D eigenvalue weighted by molar-refractivity contribution is 6.31. The number of hydrogen-bond donors (Lipinski definition) is 1. The van der Waals surface area contributed by atoms with Crippen molar-refractivity contribution in [3.63, 3.8) is 0 Å². The van der Waals surface area contributed by atoms with Crippen LogP contribution in [0.2, 0.25) is 5.02 Å². The molecule has 0 unspecified atom stereocenters. The lowest BCUT2D eigenvalue weighted by atomic mass is 9.89. The Morgan fingerprint density at radius 1 is 1.18 bits per heavy atom. The smallest absolute Gasteiger partial charge is 0.251 e. The van der Waals surface area contributed by atoms with Crippen LogP contribution in [0.15, 0.2) is 12.1 Å². The molecule has 1 aromatic carbocycles. The van der Waals surface area contributed by atoms with Gasteiger partial charge in [-0.15, -0.1) is 5.10 Å². The van der Waals surface area contributed by atoms with Crippen LogP contribution in [0.25, 0.3) is 0 Å². The second-order valence-corrected chi connectivity index (χ2v) is 9.82. The van der Waals surface area contributed by atoms with E-state index in [0.29, 0.717) is 35.1 Å². The molecule has 2 aromatic rings. The van der Waals surface area contributed by atoms with Crippen molar-refractivity contribution < 1.29 is 9.53 Å². The van der Waals surface area contributed by atoms with Crippen LogP contribution in [0, 0.1) is 13.8 Å². The molecule has 1 heterocycles. The van der Waals surface area contributed by atoms with E-state index in [1.54, 1.807) is 13.2 Å². The number of carbonyl (C=O) groups excluding carboxylic acids is 1. The summed E-state index contributed by atoms with van der Waals surface area (Å²) in [6.07, 6.45) is 4.66. The van der Waals surface area contributed by atoms with Gasteiger partial charge in [-0.25, -0.2) is 0 Å². The van der Waals surface area contributed by atoms with Crippen molar-refractivity contribution in [2.24, 2.45) is 0 Å². The standard InChI is InChI=1S/C26H40ClN5O2/c1-8-31(21-12-10-20(11-13-21)30(5)6)24-15-19(27)14-22(17(24)3)25(33)28-16-23-18(4)32(9-2)29-26(23)34-7/h14-15,20-21H,8-13,16H2,1-7H3,(H,28,33)/t20-,21-. The fourth-order valence-electron chi connectivity index (χ4n) is 5.21. The average molecular weight is 490 g/mol. The number of halogens is 1. The molecule has 1 aliphatic rings. The van der Waals surface area contributed by atoms with Crippen LogP contribution in [0.4, 0.5) is 5.69 Å². The van der Waals surface area contributed by atoms with Gasteiger partial charge in [0.05, 0.1) is 19.2 Å². The lowest BCUT2D eigenvalue weighted by Gasteiger charge is -2.40. The highest BCUT2D eigenvalue weighted by atomic mass is 35.5. The van der Waals surface area contributed by atoms with Gasteiger partial charge in [0.25, 0.3) is 5.91 Å². The molecule has 188 valence electrons. The van der Waals surface area contributed by atoms with Crippen LogP contribution in [0.1, 0.15) is 66.7 Å². The minimum atomic E-state index is -0.140. The van der Waals surface area contributed by atoms with E-state index in [4.69, 9.17) is 16.3 Å². The molecule has 1 fully saturated rings. The maximum Gasteiger partial charge on any atom is 0.251 e. The summed E-state index contributed by atoms with van der Waals surface area (Å²) < 4.78 is 7.31. The molecule has 0 radical (unpaired) electrons. The summed E-state index contributed by atoms with van der Waals surface area (Å²) >= 11 is 6.54. The first-order chi connectivity index (χ1) is 16.2. The lowest BCUT2D eigenvalue weighted by molar-refractivity contribution is 0.0950. The van der Waals surface area contributed by atoms with Gasteiger partial charge in [0, 0.05) is 47.1 Å². The summed E-state index contributed by atoms with van der Waals surface area (Å²) in [6, 6.07) is 4.88. The van der Waals surface area contributed by atoms with Gasteiger partial charge in [-0.3, -0.25) is 9.48 Å². The van der Waals surface area contributed by atoms with E-state index in [-0.39, 0.29) is 5.91 Å². The molecule has 0 aliphatic heterocycles. The summed E-state index contributed by atoms with van der Waals surface area (Å²) in [5, 5.41) is 8.10. The quantitative estimate of drug-likeness (QED) is 0.547. The number of nitrogens with zero attached hydrogens (tertiary/aromatic N) is 4. The molecule has 0 saturated heterocycles. The largest absolute Gasteiger partial charge is 0.480 e. The highest BCUT2D eigenvalue weighted by Crippen LogP contribution is 2.34. The number of amides is 1. The van der Waals surface area contributed by atoms with Crippen LogP contribution in [-0.2, 0) is 13.1 Å². The summed E-state index contributed by atoms with van der Waals surface area (Å²) in [7, 11) is 5.93. The first-order valence-corrected chi connectivity index (χ1v) is 12.7. The highest BCUT2D eigenvalue weighted by Gasteiger charge is 2.28. The van der Waals surface area contributed by atoms with Crippen molar-refractivity contribution in [3.05, 3.63) is 39.5 Å². The van der Waals surface area contributed by atoms with Gasteiger partial charge in [0.1, 0.15) is 0 Å². The third-order valence-corrected chi connectivity index (χ3v) is 7.51. The van der Waals surface area contributed by atoms with Crippen molar-refractivity contribution in [1.29, 1.82) is 0 Å². The molecular weight excluding hydrogens is 450 g/mol. The zero-order valence-corrected chi connectivity index (χ0v) is 22.5. The zero-order chi connectivity index (χ0) is 25.0. The molecule has 34 heavy (non-hydrogen) atoms. The normalized spacial score (nSPS) is 18.3. The monoisotopic (exact) mass is 489 g/mol. The van der Waals surface area contributed by atoms with E-state index in [1.807, 2.05) is 31.5 Å². The molecule has 1 amide bonds. The van der Waals surface area contributed by atoms with Gasteiger partial charge in [-0.05, 0) is 85.2 Å². The summed E-state index contributed by atoms with van der Waals surface area (Å²) in [4.78, 5) is 18.0. The van der Waals surface area contributed by atoms with E-state index < -0.39 is 0 Å². The minimum absolute atomic E-state index is 0.140. The summed E-state index contributed by atoms with van der Waals surface area (Å²) in [6.45, 7) is 10.2. The van der Waals surface area contributed by atoms with E-state index in [1.165, 1.54) is 12.8 Å². The Morgan fingerprint density at radius 2 is 1.82 bits per heavy atom. The van der Waals surface area contributed by atoms with Crippen LogP contribution in [0.5, 0.6) is 5.88 Å². The van der Waals surface area contributed by atoms with E-state index >= 15 is 0 Å². The maximum atomic E-state index is 13.3. The van der Waals surface area contributed by atoms with Crippen molar-refractivity contribution in [2.75, 3.05) is 32.6 Å². The number of rotatable bonds is 9. The third kappa shape index (κ3) is 5.52. The van der Waals surface area contributed by atoms with Crippen LogP contribution < -0.4 is 15.0 Å². The summed E-state index contributed by atoms with van der Waals surface area (Å²) in [5.41, 5.74) is 4.52. The topological polar surface area (TPSA) is 62.6 Å². The van der Waals surface area contributed by atoms with Crippen molar-refractivity contribution in [2.45, 2.75) is 78.6 Å². The number of anilines is 1. The predicted molar refractivity (Wildman–Crippen MR) is 139 cm³/mol. The molecule has 1 aromatic heterocycles. The molecule has 1 N–H and O–H groups in total. The molecule has 1 saturated carbocycles. The van der Waals surface area contributed by atoms with Gasteiger partial charge in [0.15, 0.2) is 0 Å². The SMILES string of the molecule is CCn1nc(OC)c(CNC(=O)c2cc(Cl)cc(N(CC)[C@H]3CC[C@H](N(C)C)CC3)c2C)c1C. The van der Waals surface area contributed by atoms with Crippen molar-refractivity contribution in [3.8, 4) is 5.88 Å². The first kappa shape index (κ1) is 26.4. The van der Waals surface area contributed by atoms with Gasteiger partial charge in [-0.1, -0.05) is 11.6 Å². The summed E-state index contributed by atoms with van der Waals surface area (Å²) in [5.74, 6) is 0.410. The predicted octanol–water partition coefficient (Wildman–Crippen LogP) is 4.81. The average Bonchev–Trinajstić information content (AvgIpc) is 3.14. The van der Waals surface area contributed by atoms with Crippen LogP contribution >= 0.6 is 11.6 Å². The molecule has 0 spiro atoms. The van der Waals surface area contributed by atoms with Gasteiger partial charge in [0.2, 0.25) is 5.88 Å². The fourth-order valence-corrected chi connectivity index (χ4v) is 5.42. The number of methoxy groups -OCH3 is 1. The second kappa shape index (κ2) is 11.5.